The van der Waals surface area contributed by atoms with Gasteiger partial charge in [-0.1, -0.05) is 72.9 Å². The third-order valence-electron chi connectivity index (χ3n) is 5.23. The summed E-state index contributed by atoms with van der Waals surface area (Å²) in [5, 5.41) is 11.9. The van der Waals surface area contributed by atoms with Crippen molar-refractivity contribution in [2.45, 2.75) is 31.3 Å². The lowest BCUT2D eigenvalue weighted by atomic mass is 9.79. The van der Waals surface area contributed by atoms with Crippen LogP contribution in [0.1, 0.15) is 36.8 Å². The summed E-state index contributed by atoms with van der Waals surface area (Å²) < 4.78 is 0. The molecule has 2 unspecified atom stereocenters. The van der Waals surface area contributed by atoms with Crippen LogP contribution in [-0.4, -0.2) is 36.2 Å². The molecule has 3 rings (SSSR count). The quantitative estimate of drug-likeness (QED) is 0.639. The summed E-state index contributed by atoms with van der Waals surface area (Å²) in [4.78, 5) is 2.16. The minimum Gasteiger partial charge on any atom is -0.373 e. The summed E-state index contributed by atoms with van der Waals surface area (Å²) in [7, 11) is 4.13. The zero-order chi connectivity index (χ0) is 19.1. The van der Waals surface area contributed by atoms with Crippen molar-refractivity contribution in [3.8, 4) is 11.8 Å². The van der Waals surface area contributed by atoms with Gasteiger partial charge in [0.15, 0.2) is 5.60 Å². The van der Waals surface area contributed by atoms with E-state index < -0.39 is 5.60 Å². The summed E-state index contributed by atoms with van der Waals surface area (Å²) in [5.41, 5.74) is 2.00. The van der Waals surface area contributed by atoms with E-state index in [9.17, 15) is 5.11 Å². The lowest BCUT2D eigenvalue weighted by Gasteiger charge is -2.34. The molecule has 2 atom stereocenters. The first-order valence-corrected chi connectivity index (χ1v) is 9.79. The average Bonchev–Trinajstić information content (AvgIpc) is 2.82. The van der Waals surface area contributed by atoms with Crippen LogP contribution in [-0.2, 0) is 0 Å². The molecular weight excluding hydrogens is 330 g/mol. The molecule has 27 heavy (non-hydrogen) atoms. The highest BCUT2D eigenvalue weighted by atomic mass is 16.3. The molecule has 0 heterocycles. The van der Waals surface area contributed by atoms with Crippen molar-refractivity contribution in [1.82, 2.24) is 4.90 Å². The monoisotopic (exact) mass is 359 g/mol. The molecule has 1 aliphatic rings. The molecule has 0 saturated heterocycles. The molecule has 1 aliphatic carbocycles. The van der Waals surface area contributed by atoms with Gasteiger partial charge < -0.3 is 10.0 Å². The lowest BCUT2D eigenvalue weighted by Crippen LogP contribution is -2.43. The molecule has 0 aliphatic heterocycles. The molecule has 140 valence electrons. The lowest BCUT2D eigenvalue weighted by molar-refractivity contribution is 0.0569. The van der Waals surface area contributed by atoms with Crippen molar-refractivity contribution in [2.75, 3.05) is 20.6 Å². The zero-order valence-corrected chi connectivity index (χ0v) is 16.4. The van der Waals surface area contributed by atoms with Gasteiger partial charge in [0.2, 0.25) is 0 Å². The maximum atomic E-state index is 11.9. The first-order valence-electron chi connectivity index (χ1n) is 9.79. The number of hydrogen-bond donors (Lipinski definition) is 1. The van der Waals surface area contributed by atoms with Gasteiger partial charge in [0, 0.05) is 18.0 Å². The van der Waals surface area contributed by atoms with Crippen LogP contribution in [0.25, 0.3) is 6.08 Å². The molecule has 2 aromatic carbocycles. The van der Waals surface area contributed by atoms with Crippen LogP contribution in [0.5, 0.6) is 0 Å². The smallest absolute Gasteiger partial charge is 0.151 e. The van der Waals surface area contributed by atoms with Crippen LogP contribution in [0.4, 0.5) is 0 Å². The van der Waals surface area contributed by atoms with Crippen LogP contribution in [0.2, 0.25) is 0 Å². The summed E-state index contributed by atoms with van der Waals surface area (Å²) in [6.07, 6.45) is 6.24. The van der Waals surface area contributed by atoms with Crippen LogP contribution < -0.4 is 0 Å². The molecule has 1 fully saturated rings. The van der Waals surface area contributed by atoms with E-state index in [-0.39, 0.29) is 5.92 Å². The van der Waals surface area contributed by atoms with Crippen molar-refractivity contribution in [1.29, 1.82) is 0 Å². The second-order valence-corrected chi connectivity index (χ2v) is 7.67. The van der Waals surface area contributed by atoms with Crippen LogP contribution in [0.15, 0.2) is 66.2 Å². The first kappa shape index (κ1) is 19.4. The number of rotatable bonds is 3. The Balaban J connectivity index is 2.05. The fraction of sp³-hybridized carbons (Fsp3) is 0.360. The fourth-order valence-corrected chi connectivity index (χ4v) is 3.84. The Bertz CT molecular complexity index is 814. The highest BCUT2D eigenvalue weighted by Gasteiger charge is 2.40. The zero-order valence-electron chi connectivity index (χ0n) is 16.4. The van der Waals surface area contributed by atoms with Crippen LogP contribution in [0.3, 0.4) is 0 Å². The summed E-state index contributed by atoms with van der Waals surface area (Å²) in [5.74, 6) is 6.63. The molecular formula is C25H29NO. The Hall–Kier alpha value is -2.34. The Labute approximate surface area is 163 Å². The average molecular weight is 360 g/mol. The fourth-order valence-electron chi connectivity index (χ4n) is 3.84. The number of benzene rings is 2. The highest BCUT2D eigenvalue weighted by molar-refractivity contribution is 5.58. The van der Waals surface area contributed by atoms with Crippen molar-refractivity contribution in [3.63, 3.8) is 0 Å². The van der Waals surface area contributed by atoms with Gasteiger partial charge in [-0.05, 0) is 56.6 Å². The molecule has 1 saturated carbocycles. The molecule has 0 aromatic heterocycles. The van der Waals surface area contributed by atoms with Gasteiger partial charge in [0.1, 0.15) is 0 Å². The van der Waals surface area contributed by atoms with Gasteiger partial charge >= 0.3 is 0 Å². The van der Waals surface area contributed by atoms with Crippen molar-refractivity contribution in [2.24, 2.45) is 5.92 Å². The summed E-state index contributed by atoms with van der Waals surface area (Å²) in [6.45, 7) is 0.825. The molecule has 0 bridgehead atoms. The van der Waals surface area contributed by atoms with Crippen molar-refractivity contribution in [3.05, 3.63) is 77.4 Å². The predicted octanol–water partition coefficient (Wildman–Crippen LogP) is 4.60. The van der Waals surface area contributed by atoms with Crippen LogP contribution in [0, 0.1) is 17.8 Å². The van der Waals surface area contributed by atoms with Gasteiger partial charge in [-0.2, -0.15) is 0 Å². The van der Waals surface area contributed by atoms with E-state index in [0.29, 0.717) is 0 Å². The molecule has 2 nitrogen and oxygen atoms in total. The van der Waals surface area contributed by atoms with E-state index in [1.165, 1.54) is 0 Å². The molecule has 2 heteroatoms. The van der Waals surface area contributed by atoms with Gasteiger partial charge in [-0.25, -0.2) is 0 Å². The maximum absolute atomic E-state index is 11.9. The normalized spacial score (nSPS) is 24.3. The minimum absolute atomic E-state index is 0.0983. The molecule has 2 aromatic rings. The predicted molar refractivity (Wildman–Crippen MR) is 113 cm³/mol. The number of nitrogens with zero attached hydrogens (tertiary/aromatic N) is 1. The summed E-state index contributed by atoms with van der Waals surface area (Å²) in [6, 6.07) is 20.2. The maximum Gasteiger partial charge on any atom is 0.151 e. The van der Waals surface area contributed by atoms with E-state index >= 15 is 0 Å². The van der Waals surface area contributed by atoms with Gasteiger partial charge in [0.05, 0.1) is 0 Å². The van der Waals surface area contributed by atoms with E-state index in [0.717, 1.165) is 48.9 Å². The Morgan fingerprint density at radius 3 is 2.37 bits per heavy atom. The Kier molecular flexibility index (Phi) is 6.50. The SMILES string of the molecule is CN(C)CC1CCCC/C(=C/c2ccccc2)C1(O)C#Cc1ccccc1. The standard InChI is InChI=1S/C25H29NO/c1-26(2)20-24-16-10-9-15-23(19-22-13-7-4-8-14-22)25(24,27)18-17-21-11-5-3-6-12-21/h3-8,11-14,19,24,27H,9-10,15-16,20H2,1-2H3/b23-19-. The topological polar surface area (TPSA) is 23.5 Å². The molecule has 0 spiro atoms. The highest BCUT2D eigenvalue weighted by Crippen LogP contribution is 2.38. The molecule has 0 radical (unpaired) electrons. The van der Waals surface area contributed by atoms with Gasteiger partial charge in [-0.3, -0.25) is 0 Å². The number of hydrogen-bond acceptors (Lipinski definition) is 2. The Morgan fingerprint density at radius 1 is 1.04 bits per heavy atom. The second-order valence-electron chi connectivity index (χ2n) is 7.67. The van der Waals surface area contributed by atoms with E-state index in [2.05, 4.69) is 49.0 Å². The van der Waals surface area contributed by atoms with Crippen molar-refractivity contribution < 1.29 is 5.11 Å². The van der Waals surface area contributed by atoms with Crippen molar-refractivity contribution >= 4 is 6.08 Å². The third kappa shape index (κ3) is 5.10. The second kappa shape index (κ2) is 9.04. The van der Waals surface area contributed by atoms with Gasteiger partial charge in [-0.15, -0.1) is 0 Å². The first-order chi connectivity index (χ1) is 13.1. The number of aliphatic hydroxyl groups is 1. The largest absolute Gasteiger partial charge is 0.373 e. The third-order valence-corrected chi connectivity index (χ3v) is 5.23. The van der Waals surface area contributed by atoms with Crippen LogP contribution >= 0.6 is 0 Å². The minimum atomic E-state index is -1.10. The molecule has 0 amide bonds. The summed E-state index contributed by atoms with van der Waals surface area (Å²) >= 11 is 0. The van der Waals surface area contributed by atoms with E-state index in [1.807, 2.05) is 48.5 Å². The molecule has 1 N–H and O–H groups in total. The van der Waals surface area contributed by atoms with E-state index in [1.54, 1.807) is 0 Å². The Morgan fingerprint density at radius 2 is 1.70 bits per heavy atom. The van der Waals surface area contributed by atoms with E-state index in [4.69, 9.17) is 0 Å². The van der Waals surface area contributed by atoms with Gasteiger partial charge in [0.25, 0.3) is 0 Å².